The second-order valence-corrected chi connectivity index (χ2v) is 8.94. The Kier molecular flexibility index (Phi) is 11.8. The van der Waals surface area contributed by atoms with Crippen molar-refractivity contribution in [2.45, 2.75) is 79.1 Å². The molecule has 170 valence electrons. The Labute approximate surface area is 182 Å². The van der Waals surface area contributed by atoms with Gasteiger partial charge in [0.15, 0.2) is 11.6 Å². The Morgan fingerprint density at radius 1 is 0.933 bits per heavy atom. The molecule has 30 heavy (non-hydrogen) atoms. The van der Waals surface area contributed by atoms with Crippen molar-refractivity contribution >= 4 is 17.5 Å². The van der Waals surface area contributed by atoms with Gasteiger partial charge in [0.2, 0.25) is 5.91 Å². The van der Waals surface area contributed by atoms with Crippen LogP contribution in [0.5, 0.6) is 0 Å². The van der Waals surface area contributed by atoms with Crippen LogP contribution in [0.4, 0.5) is 0 Å². The van der Waals surface area contributed by atoms with Crippen LogP contribution in [-0.2, 0) is 14.4 Å². The number of nitrogens with two attached hydrogens (primary N) is 1. The zero-order valence-electron chi connectivity index (χ0n) is 19.4. The molecular formula is C24H41N3O3. The van der Waals surface area contributed by atoms with E-state index in [0.29, 0.717) is 23.3 Å². The number of hydrogen-bond donors (Lipinski definition) is 3. The molecule has 0 saturated carbocycles. The molecule has 4 N–H and O–H groups in total. The van der Waals surface area contributed by atoms with Gasteiger partial charge in [-0.3, -0.25) is 14.4 Å². The summed E-state index contributed by atoms with van der Waals surface area (Å²) >= 11 is 0. The molecule has 0 aromatic heterocycles. The Balaban J connectivity index is 2.22. The van der Waals surface area contributed by atoms with Gasteiger partial charge in [0.25, 0.3) is 0 Å². The molecule has 0 unspecified atom stereocenters. The maximum absolute atomic E-state index is 12.4. The minimum atomic E-state index is -0.680. The smallest absolute Gasteiger partial charge is 0.220 e. The zero-order chi connectivity index (χ0) is 22.6. The van der Waals surface area contributed by atoms with E-state index in [0.717, 1.165) is 32.5 Å². The van der Waals surface area contributed by atoms with Gasteiger partial charge in [-0.05, 0) is 58.8 Å². The lowest BCUT2D eigenvalue weighted by atomic mass is 9.73. The van der Waals surface area contributed by atoms with Crippen LogP contribution < -0.4 is 16.4 Å². The molecule has 1 rings (SSSR count). The van der Waals surface area contributed by atoms with Gasteiger partial charge in [0.1, 0.15) is 0 Å². The predicted octanol–water partition coefficient (Wildman–Crippen LogP) is 3.21. The number of hydrogen-bond acceptors (Lipinski definition) is 5. The average Bonchev–Trinajstić information content (AvgIpc) is 2.66. The van der Waals surface area contributed by atoms with E-state index in [9.17, 15) is 14.4 Å². The fraction of sp³-hybridized carbons (Fsp3) is 0.708. The summed E-state index contributed by atoms with van der Waals surface area (Å²) in [5, 5.41) is 6.35. The van der Waals surface area contributed by atoms with E-state index in [1.807, 2.05) is 13.8 Å². The average molecular weight is 420 g/mol. The molecule has 0 aliphatic heterocycles. The second-order valence-electron chi connectivity index (χ2n) is 8.94. The van der Waals surface area contributed by atoms with Crippen molar-refractivity contribution in [1.82, 2.24) is 10.6 Å². The summed E-state index contributed by atoms with van der Waals surface area (Å²) in [4.78, 5) is 37.0. The first-order chi connectivity index (χ1) is 14.2. The van der Waals surface area contributed by atoms with Crippen LogP contribution in [0.3, 0.4) is 0 Å². The summed E-state index contributed by atoms with van der Waals surface area (Å²) in [7, 11) is 0. The molecule has 0 saturated heterocycles. The van der Waals surface area contributed by atoms with Crippen molar-refractivity contribution in [2.24, 2.45) is 11.1 Å². The lowest BCUT2D eigenvalue weighted by molar-refractivity contribution is -0.123. The first-order valence-electron chi connectivity index (χ1n) is 11.4. The number of nitrogens with one attached hydrogen (secondary N) is 2. The summed E-state index contributed by atoms with van der Waals surface area (Å²) in [6, 6.07) is 0. The molecule has 1 amide bonds. The van der Waals surface area contributed by atoms with Crippen LogP contribution in [0.1, 0.15) is 79.1 Å². The number of carbonyl (C=O) groups is 3. The number of allylic oxidation sites excluding steroid dienone is 4. The first kappa shape index (κ1) is 26.2. The fourth-order valence-corrected chi connectivity index (χ4v) is 3.99. The van der Waals surface area contributed by atoms with E-state index in [2.05, 4.69) is 10.6 Å². The van der Waals surface area contributed by atoms with Gasteiger partial charge in [0, 0.05) is 35.1 Å². The number of ketones is 2. The van der Waals surface area contributed by atoms with Crippen molar-refractivity contribution < 1.29 is 14.4 Å². The van der Waals surface area contributed by atoms with Crippen molar-refractivity contribution in [1.29, 1.82) is 0 Å². The monoisotopic (exact) mass is 419 g/mol. The highest BCUT2D eigenvalue weighted by atomic mass is 16.2. The lowest BCUT2D eigenvalue weighted by Gasteiger charge is -2.29. The van der Waals surface area contributed by atoms with Crippen molar-refractivity contribution in [2.75, 3.05) is 26.2 Å². The highest BCUT2D eigenvalue weighted by Gasteiger charge is 2.35. The van der Waals surface area contributed by atoms with Gasteiger partial charge < -0.3 is 16.4 Å². The molecule has 6 heteroatoms. The van der Waals surface area contributed by atoms with Gasteiger partial charge in [-0.15, -0.1) is 0 Å². The standard InChI is InChI=1S/C24H41N3O3/c1-18-16-20(28)22(19(2)23(18)30)24(3,4)17-21(29)27-15-11-14-26-13-10-8-6-5-7-9-12-25/h16,26H,5-15,17,25H2,1-4H3,(H,27,29). The summed E-state index contributed by atoms with van der Waals surface area (Å²) in [5.41, 5.74) is 6.18. The molecular weight excluding hydrogens is 378 g/mol. The van der Waals surface area contributed by atoms with Gasteiger partial charge in [-0.25, -0.2) is 0 Å². The number of rotatable bonds is 15. The number of unbranched alkanes of at least 4 members (excludes halogenated alkanes) is 5. The Bertz CT molecular complexity index is 663. The maximum Gasteiger partial charge on any atom is 0.220 e. The van der Waals surface area contributed by atoms with Crippen LogP contribution in [0.2, 0.25) is 0 Å². The van der Waals surface area contributed by atoms with E-state index < -0.39 is 5.41 Å². The second kappa shape index (κ2) is 13.5. The van der Waals surface area contributed by atoms with Crippen LogP contribution in [-0.4, -0.2) is 43.7 Å². The molecule has 0 atom stereocenters. The largest absolute Gasteiger partial charge is 0.356 e. The van der Waals surface area contributed by atoms with Crippen LogP contribution >= 0.6 is 0 Å². The third-order valence-electron chi connectivity index (χ3n) is 5.61. The molecule has 0 aromatic carbocycles. The van der Waals surface area contributed by atoms with Crippen molar-refractivity contribution in [3.05, 3.63) is 22.8 Å². The van der Waals surface area contributed by atoms with Gasteiger partial charge in [-0.2, -0.15) is 0 Å². The molecule has 0 heterocycles. The zero-order valence-corrected chi connectivity index (χ0v) is 19.4. The highest BCUT2D eigenvalue weighted by Crippen LogP contribution is 2.36. The third-order valence-corrected chi connectivity index (χ3v) is 5.61. The molecule has 0 spiro atoms. The number of amides is 1. The number of carbonyl (C=O) groups excluding carboxylic acids is 3. The lowest BCUT2D eigenvalue weighted by Crippen LogP contribution is -2.35. The molecule has 0 radical (unpaired) electrons. The van der Waals surface area contributed by atoms with Crippen LogP contribution in [0.25, 0.3) is 0 Å². The van der Waals surface area contributed by atoms with E-state index in [1.165, 1.54) is 38.2 Å². The maximum atomic E-state index is 12.4. The van der Waals surface area contributed by atoms with E-state index in [1.54, 1.807) is 13.8 Å². The molecule has 6 nitrogen and oxygen atoms in total. The van der Waals surface area contributed by atoms with E-state index in [-0.39, 0.29) is 23.9 Å². The third kappa shape index (κ3) is 8.92. The van der Waals surface area contributed by atoms with Gasteiger partial charge in [-0.1, -0.05) is 39.5 Å². The highest BCUT2D eigenvalue weighted by molar-refractivity contribution is 6.22. The molecule has 1 aliphatic rings. The SMILES string of the molecule is CC1=CC(=O)C(C(C)(C)CC(=O)NCCCNCCCCCCCCN)=C(C)C1=O. The quantitative estimate of drug-likeness (QED) is 0.279. The summed E-state index contributed by atoms with van der Waals surface area (Å²) in [6.45, 7) is 10.3. The Hall–Kier alpha value is -1.79. The van der Waals surface area contributed by atoms with Crippen LogP contribution in [0.15, 0.2) is 22.8 Å². The number of Topliss-reactive ketones (excluding diaryl/α,β-unsaturated/α-hetero) is 1. The minimum absolute atomic E-state index is 0.0932. The van der Waals surface area contributed by atoms with Gasteiger partial charge in [0.05, 0.1) is 0 Å². The van der Waals surface area contributed by atoms with Gasteiger partial charge >= 0.3 is 0 Å². The van der Waals surface area contributed by atoms with E-state index in [4.69, 9.17) is 5.73 Å². The Morgan fingerprint density at radius 3 is 2.20 bits per heavy atom. The Morgan fingerprint density at radius 2 is 1.53 bits per heavy atom. The normalized spacial score (nSPS) is 14.9. The van der Waals surface area contributed by atoms with Crippen LogP contribution in [0, 0.1) is 5.41 Å². The fourth-order valence-electron chi connectivity index (χ4n) is 3.99. The molecule has 0 aromatic rings. The topological polar surface area (TPSA) is 101 Å². The van der Waals surface area contributed by atoms with Crippen molar-refractivity contribution in [3.63, 3.8) is 0 Å². The first-order valence-corrected chi connectivity index (χ1v) is 11.4. The molecule has 0 bridgehead atoms. The molecule has 1 aliphatic carbocycles. The minimum Gasteiger partial charge on any atom is -0.356 e. The summed E-state index contributed by atoms with van der Waals surface area (Å²) in [6.07, 6.45) is 9.76. The van der Waals surface area contributed by atoms with E-state index >= 15 is 0 Å². The molecule has 0 fully saturated rings. The van der Waals surface area contributed by atoms with Crippen molar-refractivity contribution in [3.8, 4) is 0 Å². The summed E-state index contributed by atoms with van der Waals surface area (Å²) in [5.74, 6) is -0.366. The predicted molar refractivity (Wildman–Crippen MR) is 122 cm³/mol. The summed E-state index contributed by atoms with van der Waals surface area (Å²) < 4.78 is 0.